The monoisotopic (exact) mass is 408 g/mol. The highest BCUT2D eigenvalue weighted by atomic mass is 16.4. The van der Waals surface area contributed by atoms with Crippen molar-refractivity contribution in [3.63, 3.8) is 0 Å². The van der Waals surface area contributed by atoms with Crippen molar-refractivity contribution in [2.75, 3.05) is 0 Å². The first-order chi connectivity index (χ1) is 13.6. The van der Waals surface area contributed by atoms with Crippen LogP contribution < -0.4 is 0 Å². The molecule has 4 fully saturated rings. The molecule has 0 heterocycles. The fourth-order valence-electron chi connectivity index (χ4n) is 8.77. The molecule has 4 aliphatic rings. The second kappa shape index (κ2) is 7.49. The average Bonchev–Trinajstić information content (AvgIpc) is 3.02. The molecule has 0 aliphatic heterocycles. The summed E-state index contributed by atoms with van der Waals surface area (Å²) < 4.78 is 0. The molecular weight excluding hydrogens is 368 g/mol. The largest absolute Gasteiger partial charge is 0.481 e. The summed E-state index contributed by atoms with van der Waals surface area (Å²) in [4.78, 5) is 11.1. The maximum atomic E-state index is 11.3. The van der Waals surface area contributed by atoms with Crippen LogP contribution in [0.25, 0.3) is 0 Å². The molecule has 5 nitrogen and oxygen atoms in total. The summed E-state index contributed by atoms with van der Waals surface area (Å²) >= 11 is 0. The van der Waals surface area contributed by atoms with Gasteiger partial charge in [-0.3, -0.25) is 4.79 Å². The Balaban J connectivity index is 1.59. The van der Waals surface area contributed by atoms with Gasteiger partial charge in [0.2, 0.25) is 0 Å². The molecule has 0 aromatic rings. The molecule has 0 bridgehead atoms. The lowest BCUT2D eigenvalue weighted by molar-refractivity contribution is -0.223. The summed E-state index contributed by atoms with van der Waals surface area (Å²) in [5.74, 6) is 1.06. The lowest BCUT2D eigenvalue weighted by atomic mass is 9.43. The Morgan fingerprint density at radius 3 is 2.28 bits per heavy atom. The molecule has 4 rings (SSSR count). The summed E-state index contributed by atoms with van der Waals surface area (Å²) in [5, 5.41) is 41.7. The number of hydrogen-bond donors (Lipinski definition) is 4. The van der Waals surface area contributed by atoms with Gasteiger partial charge in [-0.05, 0) is 97.7 Å². The molecule has 4 saturated carbocycles. The van der Waals surface area contributed by atoms with E-state index in [9.17, 15) is 20.1 Å². The van der Waals surface area contributed by atoms with Gasteiger partial charge in [-0.15, -0.1) is 0 Å². The van der Waals surface area contributed by atoms with E-state index in [0.717, 1.165) is 44.9 Å². The minimum absolute atomic E-state index is 0.00309. The summed E-state index contributed by atoms with van der Waals surface area (Å²) in [6, 6.07) is 0. The van der Waals surface area contributed by atoms with Crippen LogP contribution in [0.1, 0.15) is 78.6 Å². The van der Waals surface area contributed by atoms with E-state index in [0.29, 0.717) is 30.1 Å². The zero-order valence-electron chi connectivity index (χ0n) is 18.3. The normalized spacial score (nSPS) is 52.9. The molecule has 29 heavy (non-hydrogen) atoms. The maximum Gasteiger partial charge on any atom is 0.303 e. The Hall–Kier alpha value is -0.650. The van der Waals surface area contributed by atoms with Crippen molar-refractivity contribution in [2.45, 2.75) is 96.9 Å². The SMILES string of the molecule is C[C@H](CCC(=O)O)[C@H]1CC[C@H]2[C@@H]3C(O)C(O)C4CC(O)CC[C@]4(C)[C@H]3CC[C@]12C. The van der Waals surface area contributed by atoms with Gasteiger partial charge in [-0.1, -0.05) is 20.8 Å². The van der Waals surface area contributed by atoms with Crippen LogP contribution in [-0.2, 0) is 4.79 Å². The van der Waals surface area contributed by atoms with E-state index in [4.69, 9.17) is 5.11 Å². The van der Waals surface area contributed by atoms with Gasteiger partial charge < -0.3 is 20.4 Å². The number of aliphatic carboxylic acids is 1. The molecule has 0 radical (unpaired) electrons. The second-order valence-electron chi connectivity index (χ2n) is 11.5. The fraction of sp³-hybridized carbons (Fsp3) is 0.958. The molecule has 0 spiro atoms. The number of hydrogen-bond acceptors (Lipinski definition) is 4. The number of aliphatic hydroxyl groups is 3. The fourth-order valence-corrected chi connectivity index (χ4v) is 8.77. The summed E-state index contributed by atoms with van der Waals surface area (Å²) in [7, 11) is 0. The molecule has 0 saturated heterocycles. The first kappa shape index (κ1) is 21.6. The maximum absolute atomic E-state index is 11.3. The van der Waals surface area contributed by atoms with Gasteiger partial charge >= 0.3 is 5.97 Å². The Kier molecular flexibility index (Phi) is 5.57. The lowest BCUT2D eigenvalue weighted by Gasteiger charge is -2.63. The molecule has 4 aliphatic carbocycles. The van der Waals surface area contributed by atoms with Crippen molar-refractivity contribution in [3.8, 4) is 0 Å². The quantitative estimate of drug-likeness (QED) is 0.571. The van der Waals surface area contributed by atoms with Crippen LogP contribution in [0.4, 0.5) is 0 Å². The van der Waals surface area contributed by atoms with Gasteiger partial charge in [-0.25, -0.2) is 0 Å². The standard InChI is InChI=1S/C24H40O5/c1-13(4-7-19(26)27)15-5-6-16-20-17(9-11-23(15,16)2)24(3)10-8-14(25)12-18(24)21(28)22(20)29/h13-18,20-22,25,28-29H,4-12H2,1-3H3,(H,26,27)/t13-,14?,15-,16+,17+,18?,20+,21?,22?,23-,24-/m1/s1. The molecule has 0 aromatic heterocycles. The predicted octanol–water partition coefficient (Wildman–Crippen LogP) is 3.45. The van der Waals surface area contributed by atoms with E-state index in [2.05, 4.69) is 20.8 Å². The van der Waals surface area contributed by atoms with Crippen molar-refractivity contribution in [2.24, 2.45) is 46.3 Å². The molecular formula is C24H40O5. The van der Waals surface area contributed by atoms with Gasteiger partial charge in [-0.2, -0.15) is 0 Å². The van der Waals surface area contributed by atoms with E-state index in [1.807, 2.05) is 0 Å². The second-order valence-corrected chi connectivity index (χ2v) is 11.5. The Bertz CT molecular complexity index is 637. The van der Waals surface area contributed by atoms with Crippen LogP contribution in [0, 0.1) is 46.3 Å². The van der Waals surface area contributed by atoms with Crippen LogP contribution >= 0.6 is 0 Å². The highest BCUT2D eigenvalue weighted by Gasteiger charge is 2.65. The van der Waals surface area contributed by atoms with E-state index < -0.39 is 18.2 Å². The van der Waals surface area contributed by atoms with Crippen molar-refractivity contribution >= 4 is 5.97 Å². The van der Waals surface area contributed by atoms with Crippen LogP contribution in [-0.4, -0.2) is 44.7 Å². The minimum Gasteiger partial charge on any atom is -0.481 e. The molecule has 0 aromatic carbocycles. The zero-order chi connectivity index (χ0) is 21.1. The summed E-state index contributed by atoms with van der Waals surface area (Å²) in [6.45, 7) is 6.89. The topological polar surface area (TPSA) is 98.0 Å². The van der Waals surface area contributed by atoms with Crippen LogP contribution in [0.5, 0.6) is 0 Å². The van der Waals surface area contributed by atoms with E-state index in [-0.39, 0.29) is 35.2 Å². The van der Waals surface area contributed by atoms with Crippen molar-refractivity contribution in [1.82, 2.24) is 0 Å². The third-order valence-electron chi connectivity index (χ3n) is 10.3. The van der Waals surface area contributed by atoms with Crippen LogP contribution in [0.2, 0.25) is 0 Å². The third-order valence-corrected chi connectivity index (χ3v) is 10.3. The van der Waals surface area contributed by atoms with Crippen LogP contribution in [0.15, 0.2) is 0 Å². The van der Waals surface area contributed by atoms with Gasteiger partial charge in [0.05, 0.1) is 18.3 Å². The average molecular weight is 409 g/mol. The molecule has 4 N–H and O–H groups in total. The molecule has 166 valence electrons. The van der Waals surface area contributed by atoms with E-state index in [1.54, 1.807) is 0 Å². The number of carbonyl (C=O) groups is 1. The van der Waals surface area contributed by atoms with E-state index in [1.165, 1.54) is 0 Å². The Morgan fingerprint density at radius 2 is 1.59 bits per heavy atom. The first-order valence-corrected chi connectivity index (χ1v) is 11.9. The van der Waals surface area contributed by atoms with Gasteiger partial charge in [0.25, 0.3) is 0 Å². The number of rotatable bonds is 4. The Morgan fingerprint density at radius 1 is 0.931 bits per heavy atom. The number of aliphatic hydroxyl groups excluding tert-OH is 3. The van der Waals surface area contributed by atoms with Crippen LogP contribution in [0.3, 0.4) is 0 Å². The molecule has 11 atom stereocenters. The smallest absolute Gasteiger partial charge is 0.303 e. The number of carboxylic acids is 1. The highest BCUT2D eigenvalue weighted by molar-refractivity contribution is 5.66. The van der Waals surface area contributed by atoms with Crippen molar-refractivity contribution < 1.29 is 25.2 Å². The Labute approximate surface area is 174 Å². The van der Waals surface area contributed by atoms with Gasteiger partial charge in [0.15, 0.2) is 0 Å². The summed E-state index contributed by atoms with van der Waals surface area (Å²) in [6.07, 6.45) is 5.87. The van der Waals surface area contributed by atoms with Gasteiger partial charge in [0.1, 0.15) is 0 Å². The molecule has 5 heteroatoms. The van der Waals surface area contributed by atoms with Crippen molar-refractivity contribution in [3.05, 3.63) is 0 Å². The third kappa shape index (κ3) is 3.27. The van der Waals surface area contributed by atoms with E-state index >= 15 is 0 Å². The molecule has 0 amide bonds. The summed E-state index contributed by atoms with van der Waals surface area (Å²) in [5.41, 5.74) is 0.119. The lowest BCUT2D eigenvalue weighted by Crippen LogP contribution is -2.64. The highest BCUT2D eigenvalue weighted by Crippen LogP contribution is 2.68. The first-order valence-electron chi connectivity index (χ1n) is 11.9. The minimum atomic E-state index is -0.748. The number of carboxylic acid groups (broad SMARTS) is 1. The molecule has 4 unspecified atom stereocenters. The number of fused-ring (bicyclic) bond motifs is 5. The van der Waals surface area contributed by atoms with Crippen molar-refractivity contribution in [1.29, 1.82) is 0 Å². The predicted molar refractivity (Wildman–Crippen MR) is 110 cm³/mol. The zero-order valence-corrected chi connectivity index (χ0v) is 18.3. The van der Waals surface area contributed by atoms with Gasteiger partial charge in [0, 0.05) is 6.42 Å².